The molecule has 8 aromatic carbocycles. The fourth-order valence-electron chi connectivity index (χ4n) is 7.83. The second-order valence-corrected chi connectivity index (χ2v) is 14.1. The van der Waals surface area contributed by atoms with Crippen LogP contribution in [0.3, 0.4) is 0 Å². The van der Waals surface area contributed by atoms with E-state index in [-0.39, 0.29) is 5.41 Å². The summed E-state index contributed by atoms with van der Waals surface area (Å²) in [6.45, 7) is 4.65. The molecule has 0 bridgehead atoms. The summed E-state index contributed by atoms with van der Waals surface area (Å²) in [7, 11) is 0. The summed E-state index contributed by atoms with van der Waals surface area (Å²) in [6, 6.07) is 58.6. The molecule has 0 saturated carbocycles. The smallest absolute Gasteiger partial charge is 0.164 e. The molecular formula is C48H33N3. The highest BCUT2D eigenvalue weighted by Gasteiger charge is 2.36. The van der Waals surface area contributed by atoms with Gasteiger partial charge in [-0.15, -0.1) is 0 Å². The quantitative estimate of drug-likeness (QED) is 0.190. The molecular weight excluding hydrogens is 619 g/mol. The summed E-state index contributed by atoms with van der Waals surface area (Å²) in [5.74, 6) is 1.98. The van der Waals surface area contributed by atoms with Crippen molar-refractivity contribution in [1.29, 1.82) is 0 Å². The van der Waals surface area contributed by atoms with E-state index in [1.165, 1.54) is 54.7 Å². The van der Waals surface area contributed by atoms with E-state index in [0.717, 1.165) is 27.6 Å². The third-order valence-electron chi connectivity index (χ3n) is 10.7. The van der Waals surface area contributed by atoms with Gasteiger partial charge in [-0.05, 0) is 96.0 Å². The van der Waals surface area contributed by atoms with Crippen molar-refractivity contribution in [2.75, 3.05) is 0 Å². The Labute approximate surface area is 297 Å². The highest BCUT2D eigenvalue weighted by molar-refractivity contribution is 5.94. The molecule has 1 aromatic heterocycles. The number of nitrogens with zero attached hydrogens (tertiary/aromatic N) is 3. The summed E-state index contributed by atoms with van der Waals surface area (Å²) >= 11 is 0. The van der Waals surface area contributed by atoms with Gasteiger partial charge < -0.3 is 0 Å². The number of rotatable bonds is 4. The van der Waals surface area contributed by atoms with Gasteiger partial charge in [0.05, 0.1) is 0 Å². The molecule has 1 aliphatic rings. The van der Waals surface area contributed by atoms with E-state index in [9.17, 15) is 0 Å². The zero-order chi connectivity index (χ0) is 34.1. The van der Waals surface area contributed by atoms with Crippen LogP contribution in [0.2, 0.25) is 0 Å². The Bertz CT molecular complexity index is 2830. The van der Waals surface area contributed by atoms with E-state index in [4.69, 9.17) is 15.0 Å². The molecule has 0 unspecified atom stereocenters. The van der Waals surface area contributed by atoms with E-state index >= 15 is 0 Å². The third-order valence-corrected chi connectivity index (χ3v) is 10.7. The average molecular weight is 652 g/mol. The van der Waals surface area contributed by atoms with Crippen molar-refractivity contribution in [3.8, 4) is 56.4 Å². The first kappa shape index (κ1) is 29.5. The predicted molar refractivity (Wildman–Crippen MR) is 212 cm³/mol. The lowest BCUT2D eigenvalue weighted by atomic mass is 9.81. The van der Waals surface area contributed by atoms with Crippen molar-refractivity contribution in [3.05, 3.63) is 175 Å². The Morgan fingerprint density at radius 1 is 0.314 bits per heavy atom. The van der Waals surface area contributed by atoms with Crippen LogP contribution in [-0.2, 0) is 5.41 Å². The number of hydrogen-bond acceptors (Lipinski definition) is 3. The second-order valence-electron chi connectivity index (χ2n) is 14.1. The van der Waals surface area contributed by atoms with Gasteiger partial charge in [0.2, 0.25) is 0 Å². The fourth-order valence-corrected chi connectivity index (χ4v) is 7.83. The van der Waals surface area contributed by atoms with Crippen LogP contribution in [0.5, 0.6) is 0 Å². The Morgan fingerprint density at radius 2 is 0.725 bits per heavy atom. The van der Waals surface area contributed by atoms with Gasteiger partial charge in [0.15, 0.2) is 17.5 Å². The molecule has 0 amide bonds. The molecule has 3 nitrogen and oxygen atoms in total. The monoisotopic (exact) mass is 651 g/mol. The van der Waals surface area contributed by atoms with Crippen LogP contribution in [0.1, 0.15) is 25.0 Å². The molecule has 0 aliphatic heterocycles. The van der Waals surface area contributed by atoms with Crippen molar-refractivity contribution < 1.29 is 0 Å². The van der Waals surface area contributed by atoms with E-state index in [1.54, 1.807) is 0 Å². The molecule has 0 saturated heterocycles. The van der Waals surface area contributed by atoms with Crippen LogP contribution in [0.25, 0.3) is 88.7 Å². The molecule has 0 radical (unpaired) electrons. The SMILES string of the molecule is CC1(C)c2cc(-c3nc(-c4ccc(-c5ccc6ccccc6c5)cc4)nc(-c4ccc5ccccc5c4)n3)ccc2-c2cc3ccccc3cc21. The van der Waals surface area contributed by atoms with Gasteiger partial charge in [0.1, 0.15) is 0 Å². The summed E-state index contributed by atoms with van der Waals surface area (Å²) in [5, 5.41) is 7.35. The van der Waals surface area contributed by atoms with Gasteiger partial charge in [-0.25, -0.2) is 15.0 Å². The lowest BCUT2D eigenvalue weighted by molar-refractivity contribution is 0.661. The highest BCUT2D eigenvalue weighted by atomic mass is 15.0. The number of aromatic nitrogens is 3. The van der Waals surface area contributed by atoms with Crippen molar-refractivity contribution in [2.24, 2.45) is 0 Å². The fraction of sp³-hybridized carbons (Fsp3) is 0.0625. The Balaban J connectivity index is 1.10. The Hall–Kier alpha value is -6.45. The summed E-state index contributed by atoms with van der Waals surface area (Å²) in [5.41, 5.74) is 10.3. The van der Waals surface area contributed by atoms with Crippen LogP contribution in [0.15, 0.2) is 164 Å². The van der Waals surface area contributed by atoms with Crippen LogP contribution in [0.4, 0.5) is 0 Å². The topological polar surface area (TPSA) is 38.7 Å². The average Bonchev–Trinajstić information content (AvgIpc) is 3.41. The first-order valence-electron chi connectivity index (χ1n) is 17.5. The maximum Gasteiger partial charge on any atom is 0.164 e. The lowest BCUT2D eigenvalue weighted by Gasteiger charge is -2.22. The molecule has 0 atom stereocenters. The normalized spacial score (nSPS) is 13.1. The largest absolute Gasteiger partial charge is 0.208 e. The van der Waals surface area contributed by atoms with Gasteiger partial charge in [-0.3, -0.25) is 0 Å². The van der Waals surface area contributed by atoms with E-state index < -0.39 is 0 Å². The maximum atomic E-state index is 5.15. The minimum Gasteiger partial charge on any atom is -0.208 e. The van der Waals surface area contributed by atoms with Crippen molar-refractivity contribution in [3.63, 3.8) is 0 Å². The Morgan fingerprint density at radius 3 is 1.35 bits per heavy atom. The van der Waals surface area contributed by atoms with Crippen molar-refractivity contribution >= 4 is 32.3 Å². The van der Waals surface area contributed by atoms with Crippen LogP contribution in [0, 0.1) is 0 Å². The minimum atomic E-state index is -0.166. The van der Waals surface area contributed by atoms with Gasteiger partial charge in [-0.1, -0.05) is 147 Å². The van der Waals surface area contributed by atoms with E-state index in [0.29, 0.717) is 17.5 Å². The maximum absolute atomic E-state index is 5.15. The predicted octanol–water partition coefficient (Wildman–Crippen LogP) is 12.3. The standard InChI is InChI=1S/C48H33N3/c1-48(2)43-29-40(23-24-41(43)42-27-36-13-7-8-14-37(36)28-44(42)48)47-50-45(49-46(51-47)39-22-18-31-10-4-6-12-35(31)26-39)33-19-15-32(16-20-33)38-21-17-30-9-3-5-11-34(30)25-38/h3-29H,1-2H3. The molecule has 9 aromatic rings. The van der Waals surface area contributed by atoms with Crippen molar-refractivity contribution in [1.82, 2.24) is 15.0 Å². The first-order chi connectivity index (χ1) is 25.0. The zero-order valence-corrected chi connectivity index (χ0v) is 28.4. The van der Waals surface area contributed by atoms with Crippen LogP contribution in [-0.4, -0.2) is 15.0 Å². The highest BCUT2D eigenvalue weighted by Crippen LogP contribution is 2.50. The van der Waals surface area contributed by atoms with Gasteiger partial charge in [0, 0.05) is 22.1 Å². The molecule has 240 valence electrons. The Kier molecular flexibility index (Phi) is 6.53. The molecule has 0 N–H and O–H groups in total. The van der Waals surface area contributed by atoms with Gasteiger partial charge in [0.25, 0.3) is 0 Å². The summed E-state index contributed by atoms with van der Waals surface area (Å²) in [6.07, 6.45) is 0. The summed E-state index contributed by atoms with van der Waals surface area (Å²) in [4.78, 5) is 15.4. The molecule has 1 heterocycles. The number of benzene rings is 8. The first-order valence-corrected chi connectivity index (χ1v) is 17.5. The zero-order valence-electron chi connectivity index (χ0n) is 28.4. The molecule has 0 spiro atoms. The van der Waals surface area contributed by atoms with Gasteiger partial charge in [-0.2, -0.15) is 0 Å². The van der Waals surface area contributed by atoms with Gasteiger partial charge >= 0.3 is 0 Å². The second kappa shape index (κ2) is 11.3. The number of fused-ring (bicyclic) bond motifs is 6. The lowest BCUT2D eigenvalue weighted by Crippen LogP contribution is -2.15. The third kappa shape index (κ3) is 4.93. The molecule has 1 aliphatic carbocycles. The molecule has 10 rings (SSSR count). The van der Waals surface area contributed by atoms with E-state index in [1.807, 2.05) is 0 Å². The molecule has 3 heteroatoms. The van der Waals surface area contributed by atoms with E-state index in [2.05, 4.69) is 178 Å². The number of hydrogen-bond donors (Lipinski definition) is 0. The van der Waals surface area contributed by atoms with Crippen LogP contribution < -0.4 is 0 Å². The molecule has 51 heavy (non-hydrogen) atoms. The molecule has 0 fully saturated rings. The minimum absolute atomic E-state index is 0.166. The summed E-state index contributed by atoms with van der Waals surface area (Å²) < 4.78 is 0. The van der Waals surface area contributed by atoms with Crippen LogP contribution >= 0.6 is 0 Å². The van der Waals surface area contributed by atoms with Crippen molar-refractivity contribution in [2.45, 2.75) is 19.3 Å².